The number of rotatable bonds is 6. The number of benzene rings is 6. The number of nitrogens with zero attached hydrogens (tertiary/aromatic N) is 4. The van der Waals surface area contributed by atoms with E-state index in [4.69, 9.17) is 21.5 Å². The van der Waals surface area contributed by atoms with Crippen LogP contribution in [0, 0.1) is 0 Å². The smallest absolute Gasteiger partial charge is 0.423 e. The van der Waals surface area contributed by atoms with Crippen LogP contribution in [0.15, 0.2) is 159 Å². The molecule has 11 nitrogen and oxygen atoms in total. The number of halogens is 3. The monoisotopic (exact) mass is 804 g/mol. The molecule has 8 rings (SSSR count). The van der Waals surface area contributed by atoms with Crippen LogP contribution in [-0.2, 0) is 10.1 Å². The zero-order valence-electron chi connectivity index (χ0n) is 29.7. The first-order chi connectivity index (χ1) is 27.3. The van der Waals surface area contributed by atoms with Crippen LogP contribution < -0.4 is 21.1 Å². The Bertz CT molecular complexity index is 2750. The van der Waals surface area contributed by atoms with E-state index in [9.17, 15) is 21.6 Å². The SMILES string of the molecule is C.Nc1cccc(-c2cc(-c3ccccc3)cc3cncnc23)c1.Nc1cccc(B(O)O)c1.O=S(=O)(Oc1cc(-c2ccccc2)cc2cncnc12)C(F)(F)F. The predicted molar refractivity (Wildman–Crippen MR) is 223 cm³/mol. The Labute approximate surface area is 332 Å². The molecule has 6 aromatic carbocycles. The minimum Gasteiger partial charge on any atom is -0.423 e. The average molecular weight is 805 g/mol. The quantitative estimate of drug-likeness (QED) is 0.0560. The van der Waals surface area contributed by atoms with Gasteiger partial charge < -0.3 is 25.7 Å². The number of fused-ring (bicyclic) bond motifs is 2. The minimum absolute atomic E-state index is 0. The fourth-order valence-corrected chi connectivity index (χ4v) is 6.10. The summed E-state index contributed by atoms with van der Waals surface area (Å²) in [6.07, 6.45) is 5.89. The highest BCUT2D eigenvalue weighted by molar-refractivity contribution is 7.88. The summed E-state index contributed by atoms with van der Waals surface area (Å²) >= 11 is 0. The molecule has 0 radical (unpaired) electrons. The number of nitrogens with two attached hydrogens (primary N) is 2. The molecule has 2 aromatic heterocycles. The van der Waals surface area contributed by atoms with Gasteiger partial charge in [0, 0.05) is 40.1 Å². The minimum atomic E-state index is -5.80. The molecule has 6 N–H and O–H groups in total. The highest BCUT2D eigenvalue weighted by Crippen LogP contribution is 2.35. The first-order valence-electron chi connectivity index (χ1n) is 17.0. The Hall–Kier alpha value is -6.88. The summed E-state index contributed by atoms with van der Waals surface area (Å²) in [6.45, 7) is 0. The molecule has 0 aliphatic heterocycles. The summed E-state index contributed by atoms with van der Waals surface area (Å²) in [6, 6.07) is 40.5. The molecule has 58 heavy (non-hydrogen) atoms. The summed E-state index contributed by atoms with van der Waals surface area (Å²) < 4.78 is 64.7. The summed E-state index contributed by atoms with van der Waals surface area (Å²) in [5.41, 5.74) is 14.0. The number of aromatic nitrogens is 4. The first kappa shape index (κ1) is 42.3. The second-order valence-corrected chi connectivity index (χ2v) is 13.8. The third-order valence-corrected chi connectivity index (χ3v) is 9.25. The number of hydrogen-bond acceptors (Lipinski definition) is 11. The lowest BCUT2D eigenvalue weighted by molar-refractivity contribution is -0.0499. The van der Waals surface area contributed by atoms with Crippen LogP contribution in [0.3, 0.4) is 0 Å². The van der Waals surface area contributed by atoms with E-state index < -0.39 is 28.5 Å². The molecular formula is C42H36BF3N6O5S. The standard InChI is InChI=1S/C20H15N3.C15H9F3N2O3S.C6H8BNO2.CH4/c21-18-8-4-7-15(10-18)19-11-16(14-5-2-1-3-6-14)9-17-12-22-13-23-20(17)19;16-15(17,18)24(21,22)23-13-7-11(10-4-2-1-3-5-10)6-12-8-19-9-20-14(12)13;8-6-3-1-2-5(4-6)7(9)10;/h1-13H,21H2;1-9H;1-4,9-10H,8H2;1H4. The van der Waals surface area contributed by atoms with Gasteiger partial charge in [-0.1, -0.05) is 92.4 Å². The van der Waals surface area contributed by atoms with E-state index in [0.29, 0.717) is 27.7 Å². The highest BCUT2D eigenvalue weighted by Gasteiger charge is 2.48. The van der Waals surface area contributed by atoms with Crippen molar-refractivity contribution in [1.82, 2.24) is 19.9 Å². The maximum absolute atomic E-state index is 12.6. The maximum Gasteiger partial charge on any atom is 0.534 e. The van der Waals surface area contributed by atoms with E-state index in [1.807, 2.05) is 42.6 Å². The molecule has 0 aliphatic rings. The van der Waals surface area contributed by atoms with E-state index in [-0.39, 0.29) is 12.9 Å². The van der Waals surface area contributed by atoms with Gasteiger partial charge in [0.1, 0.15) is 18.2 Å². The number of alkyl halides is 3. The topological polar surface area (TPSA) is 187 Å². The van der Waals surface area contributed by atoms with Crippen molar-refractivity contribution >= 4 is 55.9 Å². The third-order valence-electron chi connectivity index (χ3n) is 8.28. The van der Waals surface area contributed by atoms with E-state index in [0.717, 1.165) is 39.6 Å². The van der Waals surface area contributed by atoms with E-state index >= 15 is 0 Å². The third kappa shape index (κ3) is 10.3. The van der Waals surface area contributed by atoms with Crippen LogP contribution in [0.4, 0.5) is 24.5 Å². The largest absolute Gasteiger partial charge is 0.534 e. The molecule has 0 unspecified atom stereocenters. The van der Waals surface area contributed by atoms with Crippen LogP contribution >= 0.6 is 0 Å². The normalized spacial score (nSPS) is 11.0. The highest BCUT2D eigenvalue weighted by atomic mass is 32.2. The van der Waals surface area contributed by atoms with Gasteiger partial charge in [0.2, 0.25) is 0 Å². The molecule has 0 aliphatic carbocycles. The lowest BCUT2D eigenvalue weighted by atomic mass is 9.80. The Morgan fingerprint density at radius 3 is 1.60 bits per heavy atom. The Morgan fingerprint density at radius 2 is 1.09 bits per heavy atom. The van der Waals surface area contributed by atoms with Crippen molar-refractivity contribution in [3.8, 4) is 39.1 Å². The van der Waals surface area contributed by atoms with Gasteiger partial charge in [-0.3, -0.25) is 0 Å². The van der Waals surface area contributed by atoms with Crippen LogP contribution in [0.25, 0.3) is 55.2 Å². The second-order valence-electron chi connectivity index (χ2n) is 12.3. The Morgan fingerprint density at radius 1 is 0.586 bits per heavy atom. The van der Waals surface area contributed by atoms with Crippen LogP contribution in [0.2, 0.25) is 0 Å². The van der Waals surface area contributed by atoms with E-state index in [2.05, 4.69) is 54.5 Å². The molecule has 8 aromatic rings. The zero-order chi connectivity index (χ0) is 40.6. The van der Waals surface area contributed by atoms with Crippen molar-refractivity contribution in [2.24, 2.45) is 0 Å². The fourth-order valence-electron chi connectivity index (χ4n) is 5.64. The van der Waals surface area contributed by atoms with Crippen molar-refractivity contribution in [1.29, 1.82) is 0 Å². The molecule has 294 valence electrons. The van der Waals surface area contributed by atoms with Crippen molar-refractivity contribution in [2.45, 2.75) is 12.9 Å². The van der Waals surface area contributed by atoms with E-state index in [1.54, 1.807) is 60.9 Å². The van der Waals surface area contributed by atoms with Gasteiger partial charge >= 0.3 is 22.7 Å². The Balaban J connectivity index is 0.000000177. The summed E-state index contributed by atoms with van der Waals surface area (Å²) in [5, 5.41) is 18.7. The predicted octanol–water partition coefficient (Wildman–Crippen LogP) is 7.66. The molecule has 0 fully saturated rings. The molecular weight excluding hydrogens is 768 g/mol. The van der Waals surface area contributed by atoms with Gasteiger partial charge in [-0.05, 0) is 81.8 Å². The zero-order valence-corrected chi connectivity index (χ0v) is 30.5. The van der Waals surface area contributed by atoms with Crippen molar-refractivity contribution in [3.63, 3.8) is 0 Å². The van der Waals surface area contributed by atoms with Gasteiger partial charge in [0.05, 0.1) is 5.52 Å². The van der Waals surface area contributed by atoms with Gasteiger partial charge in [-0.15, -0.1) is 0 Å². The van der Waals surface area contributed by atoms with Gasteiger partial charge in [-0.2, -0.15) is 21.6 Å². The molecule has 0 bridgehead atoms. The molecule has 0 atom stereocenters. The number of nitrogen functional groups attached to an aromatic ring is 2. The lowest BCUT2D eigenvalue weighted by Gasteiger charge is -2.12. The molecule has 16 heteroatoms. The van der Waals surface area contributed by atoms with Crippen LogP contribution in [0.5, 0.6) is 5.75 Å². The average Bonchev–Trinajstić information content (AvgIpc) is 3.21. The van der Waals surface area contributed by atoms with Crippen LogP contribution in [0.1, 0.15) is 7.43 Å². The molecule has 2 heterocycles. The summed E-state index contributed by atoms with van der Waals surface area (Å²) in [7, 11) is -7.23. The first-order valence-corrected chi connectivity index (χ1v) is 18.4. The van der Waals surface area contributed by atoms with Crippen molar-refractivity contribution < 1.29 is 35.8 Å². The van der Waals surface area contributed by atoms with Crippen molar-refractivity contribution in [2.75, 3.05) is 11.5 Å². The molecule has 0 spiro atoms. The molecule has 0 saturated carbocycles. The number of anilines is 2. The van der Waals surface area contributed by atoms with Gasteiger partial charge in [0.25, 0.3) is 0 Å². The lowest BCUT2D eigenvalue weighted by Crippen LogP contribution is -2.29. The second kappa shape index (κ2) is 18.4. The number of hydrogen-bond donors (Lipinski definition) is 4. The van der Waals surface area contributed by atoms with E-state index in [1.165, 1.54) is 23.9 Å². The molecule has 0 amide bonds. The van der Waals surface area contributed by atoms with Gasteiger partial charge in [0.15, 0.2) is 5.75 Å². The fraction of sp³-hybridized carbons (Fsp3) is 0.0476. The summed E-state index contributed by atoms with van der Waals surface area (Å²) in [4.78, 5) is 16.2. The van der Waals surface area contributed by atoms with Crippen molar-refractivity contribution in [3.05, 3.63) is 159 Å². The van der Waals surface area contributed by atoms with Crippen LogP contribution in [-0.4, -0.2) is 51.0 Å². The molecule has 0 saturated heterocycles. The van der Waals surface area contributed by atoms with Gasteiger partial charge in [-0.25, -0.2) is 19.9 Å². The maximum atomic E-state index is 12.6. The Kier molecular flexibility index (Phi) is 13.4. The summed E-state index contributed by atoms with van der Waals surface area (Å²) in [5.74, 6) is -0.508.